The fourth-order valence-corrected chi connectivity index (χ4v) is 1.90. The average molecular weight is 288 g/mol. The molecule has 0 saturated heterocycles. The zero-order valence-corrected chi connectivity index (χ0v) is 13.2. The summed E-state index contributed by atoms with van der Waals surface area (Å²) in [5.41, 5.74) is 0.976. The Balaban J connectivity index is 1.96. The Morgan fingerprint density at radius 3 is 2.71 bits per heavy atom. The quantitative estimate of drug-likeness (QED) is 0.848. The lowest BCUT2D eigenvalue weighted by molar-refractivity contribution is 0.474. The highest BCUT2D eigenvalue weighted by molar-refractivity contribution is 5.28. The number of nitrogens with one attached hydrogen (secondary N) is 1. The third kappa shape index (κ3) is 4.86. The number of pyridine rings is 1. The fraction of sp³-hybridized carbons (Fsp3) is 0.500. The molecule has 2 heterocycles. The monoisotopic (exact) mass is 288 g/mol. The zero-order valence-electron chi connectivity index (χ0n) is 13.2. The zero-order chi connectivity index (χ0) is 15.2. The molecule has 0 amide bonds. The second-order valence-electron chi connectivity index (χ2n) is 5.86. The van der Waals surface area contributed by atoms with Gasteiger partial charge in [-0.15, -0.1) is 0 Å². The van der Waals surface area contributed by atoms with E-state index in [1.54, 1.807) is 12.4 Å². The second kappa shape index (κ2) is 7.22. The normalized spacial score (nSPS) is 11.3. The van der Waals surface area contributed by atoms with E-state index in [2.05, 4.69) is 43.1 Å². The first-order valence-corrected chi connectivity index (χ1v) is 7.42. The van der Waals surface area contributed by atoms with Gasteiger partial charge in [0.05, 0.1) is 18.1 Å². The van der Waals surface area contributed by atoms with Gasteiger partial charge in [-0.3, -0.25) is 9.67 Å². The Morgan fingerprint density at radius 1 is 1.24 bits per heavy atom. The molecule has 0 aromatic carbocycles. The first kappa shape index (κ1) is 15.5. The molecule has 0 aliphatic carbocycles. The highest BCUT2D eigenvalue weighted by atomic mass is 16.5. The van der Waals surface area contributed by atoms with E-state index in [-0.39, 0.29) is 0 Å². The molecular formula is C16H24N4O. The SMILES string of the molecule is CC(C)CNCc1cc(Oc2cnn(C(C)C)c2)ccn1. The van der Waals surface area contributed by atoms with Gasteiger partial charge in [-0.05, 0) is 32.4 Å². The summed E-state index contributed by atoms with van der Waals surface area (Å²) in [7, 11) is 0. The van der Waals surface area contributed by atoms with Crippen LogP contribution in [0.1, 0.15) is 39.4 Å². The lowest BCUT2D eigenvalue weighted by Crippen LogP contribution is -2.19. The molecule has 2 rings (SSSR count). The summed E-state index contributed by atoms with van der Waals surface area (Å²) in [6.07, 6.45) is 5.41. The molecule has 2 aromatic heterocycles. The van der Waals surface area contributed by atoms with Crippen molar-refractivity contribution >= 4 is 0 Å². The maximum atomic E-state index is 5.83. The van der Waals surface area contributed by atoms with Gasteiger partial charge in [0.2, 0.25) is 0 Å². The van der Waals surface area contributed by atoms with Gasteiger partial charge in [0.25, 0.3) is 0 Å². The van der Waals surface area contributed by atoms with Crippen molar-refractivity contribution in [3.05, 3.63) is 36.4 Å². The summed E-state index contributed by atoms with van der Waals surface area (Å²) in [6.45, 7) is 10.3. The van der Waals surface area contributed by atoms with Crippen molar-refractivity contribution in [2.24, 2.45) is 5.92 Å². The Morgan fingerprint density at radius 2 is 2.05 bits per heavy atom. The van der Waals surface area contributed by atoms with Crippen LogP contribution in [-0.4, -0.2) is 21.3 Å². The molecule has 0 radical (unpaired) electrons. The van der Waals surface area contributed by atoms with Crippen molar-refractivity contribution in [3.63, 3.8) is 0 Å². The number of hydrogen-bond acceptors (Lipinski definition) is 4. The van der Waals surface area contributed by atoms with Crippen LogP contribution in [0, 0.1) is 5.92 Å². The van der Waals surface area contributed by atoms with E-state index in [0.717, 1.165) is 30.3 Å². The van der Waals surface area contributed by atoms with Gasteiger partial charge in [-0.2, -0.15) is 5.10 Å². The number of aromatic nitrogens is 3. The smallest absolute Gasteiger partial charge is 0.165 e. The van der Waals surface area contributed by atoms with E-state index in [1.165, 1.54) is 0 Å². The standard InChI is InChI=1S/C16H24N4O/c1-12(2)8-17-9-14-7-15(5-6-18-14)21-16-10-19-20(11-16)13(3)4/h5-7,10-13,17H,8-9H2,1-4H3. The Kier molecular flexibility index (Phi) is 5.33. The van der Waals surface area contributed by atoms with Gasteiger partial charge < -0.3 is 10.1 Å². The molecule has 0 atom stereocenters. The summed E-state index contributed by atoms with van der Waals surface area (Å²) >= 11 is 0. The van der Waals surface area contributed by atoms with Crippen molar-refractivity contribution in [2.45, 2.75) is 40.3 Å². The van der Waals surface area contributed by atoms with Crippen molar-refractivity contribution in [3.8, 4) is 11.5 Å². The molecule has 114 valence electrons. The van der Waals surface area contributed by atoms with Gasteiger partial charge in [0.15, 0.2) is 5.75 Å². The number of nitrogens with zero attached hydrogens (tertiary/aromatic N) is 3. The third-order valence-electron chi connectivity index (χ3n) is 2.99. The number of ether oxygens (including phenoxy) is 1. The molecule has 21 heavy (non-hydrogen) atoms. The lowest BCUT2D eigenvalue weighted by Gasteiger charge is -2.08. The third-order valence-corrected chi connectivity index (χ3v) is 2.99. The van der Waals surface area contributed by atoms with E-state index in [9.17, 15) is 0 Å². The molecule has 0 bridgehead atoms. The van der Waals surface area contributed by atoms with Crippen LogP contribution >= 0.6 is 0 Å². The van der Waals surface area contributed by atoms with E-state index in [4.69, 9.17) is 4.74 Å². The fourth-order valence-electron chi connectivity index (χ4n) is 1.90. The predicted molar refractivity (Wildman–Crippen MR) is 83.5 cm³/mol. The summed E-state index contributed by atoms with van der Waals surface area (Å²) in [4.78, 5) is 4.35. The summed E-state index contributed by atoms with van der Waals surface area (Å²) < 4.78 is 7.70. The van der Waals surface area contributed by atoms with E-state index in [0.29, 0.717) is 12.0 Å². The van der Waals surface area contributed by atoms with E-state index in [1.807, 2.05) is 23.0 Å². The maximum Gasteiger partial charge on any atom is 0.165 e. The number of rotatable bonds is 7. The Bertz CT molecular complexity index is 563. The maximum absolute atomic E-state index is 5.83. The van der Waals surface area contributed by atoms with E-state index < -0.39 is 0 Å². The van der Waals surface area contributed by atoms with Crippen molar-refractivity contribution in [2.75, 3.05) is 6.54 Å². The van der Waals surface area contributed by atoms with Crippen LogP contribution in [0.5, 0.6) is 11.5 Å². The Labute approximate surface area is 126 Å². The topological polar surface area (TPSA) is 52.0 Å². The summed E-state index contributed by atoms with van der Waals surface area (Å²) in [6, 6.07) is 4.15. The van der Waals surface area contributed by atoms with Gasteiger partial charge in [0, 0.05) is 24.8 Å². The molecule has 0 unspecified atom stereocenters. The van der Waals surface area contributed by atoms with Crippen molar-refractivity contribution in [1.82, 2.24) is 20.1 Å². The van der Waals surface area contributed by atoms with Crippen LogP contribution in [0.3, 0.4) is 0 Å². The summed E-state index contributed by atoms with van der Waals surface area (Å²) in [5, 5.41) is 7.64. The molecule has 0 fully saturated rings. The largest absolute Gasteiger partial charge is 0.454 e. The molecule has 1 N–H and O–H groups in total. The predicted octanol–water partition coefficient (Wildman–Crippen LogP) is 3.40. The van der Waals surface area contributed by atoms with Gasteiger partial charge in [-0.1, -0.05) is 13.8 Å². The average Bonchev–Trinajstić information content (AvgIpc) is 2.87. The second-order valence-corrected chi connectivity index (χ2v) is 5.86. The molecule has 0 spiro atoms. The van der Waals surface area contributed by atoms with Gasteiger partial charge in [0.1, 0.15) is 5.75 Å². The minimum absolute atomic E-state index is 0.329. The van der Waals surface area contributed by atoms with Crippen LogP contribution < -0.4 is 10.1 Å². The van der Waals surface area contributed by atoms with Crippen molar-refractivity contribution < 1.29 is 4.74 Å². The molecule has 2 aromatic rings. The molecule has 5 nitrogen and oxygen atoms in total. The molecule has 0 aliphatic heterocycles. The lowest BCUT2D eigenvalue weighted by atomic mass is 10.2. The molecular weight excluding hydrogens is 264 g/mol. The van der Waals surface area contributed by atoms with Crippen molar-refractivity contribution in [1.29, 1.82) is 0 Å². The molecule has 5 heteroatoms. The van der Waals surface area contributed by atoms with Crippen LogP contribution in [0.15, 0.2) is 30.7 Å². The highest BCUT2D eigenvalue weighted by Gasteiger charge is 2.05. The van der Waals surface area contributed by atoms with Crippen LogP contribution in [0.4, 0.5) is 0 Å². The van der Waals surface area contributed by atoms with E-state index >= 15 is 0 Å². The van der Waals surface area contributed by atoms with Crippen LogP contribution in [0.25, 0.3) is 0 Å². The minimum Gasteiger partial charge on any atom is -0.454 e. The van der Waals surface area contributed by atoms with Crippen LogP contribution in [-0.2, 0) is 6.54 Å². The molecule has 0 saturated carbocycles. The van der Waals surface area contributed by atoms with Gasteiger partial charge >= 0.3 is 0 Å². The van der Waals surface area contributed by atoms with Gasteiger partial charge in [-0.25, -0.2) is 0 Å². The first-order chi connectivity index (χ1) is 10.0. The minimum atomic E-state index is 0.329. The highest BCUT2D eigenvalue weighted by Crippen LogP contribution is 2.21. The number of hydrogen-bond donors (Lipinski definition) is 1. The molecule has 0 aliphatic rings. The first-order valence-electron chi connectivity index (χ1n) is 7.42. The van der Waals surface area contributed by atoms with Crippen LogP contribution in [0.2, 0.25) is 0 Å². The Hall–Kier alpha value is -1.88. The summed E-state index contributed by atoms with van der Waals surface area (Å²) in [5.74, 6) is 2.16.